The molecule has 2 aromatic rings. The zero-order valence-electron chi connectivity index (χ0n) is 9.75. The maximum absolute atomic E-state index is 10.8. The Labute approximate surface area is 109 Å². The number of para-hydroxylation sites is 1. The Hall–Kier alpha value is -2.01. The van der Waals surface area contributed by atoms with E-state index in [1.807, 2.05) is 30.5 Å². The third-order valence-corrected chi connectivity index (χ3v) is 3.16. The Morgan fingerprint density at radius 1 is 1.33 bits per heavy atom. The molecule has 5 heteroatoms. The predicted octanol–water partition coefficient (Wildman–Crippen LogP) is 3.25. The number of hydrogen-bond acceptors (Lipinski definition) is 4. The van der Waals surface area contributed by atoms with Crippen molar-refractivity contribution in [2.24, 2.45) is 0 Å². The van der Waals surface area contributed by atoms with E-state index in [0.29, 0.717) is 5.69 Å². The van der Waals surface area contributed by atoms with Gasteiger partial charge in [0, 0.05) is 16.8 Å². The number of carboxylic acids is 1. The van der Waals surface area contributed by atoms with Gasteiger partial charge in [-0.25, -0.2) is 9.78 Å². The summed E-state index contributed by atoms with van der Waals surface area (Å²) in [6, 6.07) is 11.1. The lowest BCUT2D eigenvalue weighted by Gasteiger charge is -2.10. The number of carbonyl (C=O) groups is 1. The number of benzene rings is 1. The second-order valence-corrected chi connectivity index (χ2v) is 4.41. The fourth-order valence-corrected chi connectivity index (χ4v) is 2.08. The average molecular weight is 260 g/mol. The molecule has 4 nitrogen and oxygen atoms in total. The molecular weight excluding hydrogens is 248 g/mol. The van der Waals surface area contributed by atoms with Gasteiger partial charge in [0.05, 0.1) is 5.69 Å². The molecule has 0 saturated carbocycles. The second kappa shape index (κ2) is 5.55. The summed E-state index contributed by atoms with van der Waals surface area (Å²) in [5.74, 6) is -1.03. The summed E-state index contributed by atoms with van der Waals surface area (Å²) in [7, 11) is 0. The average Bonchev–Trinajstić information content (AvgIpc) is 2.39. The molecule has 1 aromatic heterocycles. The number of carboxylic acid groups (broad SMARTS) is 1. The monoisotopic (exact) mass is 260 g/mol. The van der Waals surface area contributed by atoms with Gasteiger partial charge in [-0.3, -0.25) is 0 Å². The van der Waals surface area contributed by atoms with E-state index >= 15 is 0 Å². The van der Waals surface area contributed by atoms with Crippen LogP contribution in [0.5, 0.6) is 0 Å². The number of hydrogen-bond donors (Lipinski definition) is 2. The van der Waals surface area contributed by atoms with E-state index in [-0.39, 0.29) is 5.69 Å². The third kappa shape index (κ3) is 2.81. The van der Waals surface area contributed by atoms with Crippen LogP contribution in [0.3, 0.4) is 0 Å². The number of thioether (sulfide) groups is 1. The quantitative estimate of drug-likeness (QED) is 0.826. The molecule has 18 heavy (non-hydrogen) atoms. The smallest absolute Gasteiger partial charge is 0.354 e. The van der Waals surface area contributed by atoms with Crippen molar-refractivity contribution in [3.63, 3.8) is 0 Å². The minimum absolute atomic E-state index is 0.0293. The van der Waals surface area contributed by atoms with Crippen molar-refractivity contribution in [2.75, 3.05) is 11.6 Å². The number of aromatic nitrogens is 1. The summed E-state index contributed by atoms with van der Waals surface area (Å²) < 4.78 is 0. The van der Waals surface area contributed by atoms with E-state index < -0.39 is 5.97 Å². The van der Waals surface area contributed by atoms with Crippen molar-refractivity contribution in [1.82, 2.24) is 4.98 Å². The standard InChI is InChI=1S/C13H12N2O2S/c1-18-12-5-3-2-4-10(12)15-9-6-7-14-11(8-9)13(16)17/h2-8H,1H3,(H,14,15)(H,16,17). The maximum atomic E-state index is 10.8. The predicted molar refractivity (Wildman–Crippen MR) is 72.7 cm³/mol. The van der Waals surface area contributed by atoms with E-state index in [9.17, 15) is 4.79 Å². The largest absolute Gasteiger partial charge is 0.477 e. The van der Waals surface area contributed by atoms with Crippen LogP contribution in [-0.2, 0) is 0 Å². The van der Waals surface area contributed by atoms with Crippen LogP contribution in [0.25, 0.3) is 0 Å². The first-order valence-corrected chi connectivity index (χ1v) is 6.52. The molecule has 0 fully saturated rings. The van der Waals surface area contributed by atoms with Gasteiger partial charge in [-0.2, -0.15) is 0 Å². The second-order valence-electron chi connectivity index (χ2n) is 3.56. The molecular formula is C13H12N2O2S. The van der Waals surface area contributed by atoms with Crippen LogP contribution < -0.4 is 5.32 Å². The molecule has 0 aliphatic carbocycles. The molecule has 0 bridgehead atoms. The first-order chi connectivity index (χ1) is 8.70. The first kappa shape index (κ1) is 12.4. The van der Waals surface area contributed by atoms with Gasteiger partial charge in [0.15, 0.2) is 0 Å². The van der Waals surface area contributed by atoms with Gasteiger partial charge in [0.2, 0.25) is 0 Å². The summed E-state index contributed by atoms with van der Waals surface area (Å²) >= 11 is 1.63. The first-order valence-electron chi connectivity index (χ1n) is 5.30. The zero-order valence-corrected chi connectivity index (χ0v) is 10.6. The van der Waals surface area contributed by atoms with Crippen LogP contribution in [0.4, 0.5) is 11.4 Å². The van der Waals surface area contributed by atoms with Crippen LogP contribution in [0, 0.1) is 0 Å². The van der Waals surface area contributed by atoms with Gasteiger partial charge in [0.1, 0.15) is 5.69 Å². The van der Waals surface area contributed by atoms with E-state index in [2.05, 4.69) is 10.3 Å². The molecule has 0 atom stereocenters. The number of anilines is 2. The number of rotatable bonds is 4. The van der Waals surface area contributed by atoms with Crippen LogP contribution in [0.1, 0.15) is 10.5 Å². The number of pyridine rings is 1. The minimum atomic E-state index is -1.03. The zero-order chi connectivity index (χ0) is 13.0. The van der Waals surface area contributed by atoms with Crippen LogP contribution >= 0.6 is 11.8 Å². The topological polar surface area (TPSA) is 62.2 Å². The molecule has 0 unspecified atom stereocenters. The summed E-state index contributed by atoms with van der Waals surface area (Å²) in [5, 5.41) is 12.1. The van der Waals surface area contributed by atoms with Crippen molar-refractivity contribution in [3.05, 3.63) is 48.3 Å². The molecule has 2 rings (SSSR count). The van der Waals surface area contributed by atoms with E-state index in [0.717, 1.165) is 10.6 Å². The van der Waals surface area contributed by atoms with Gasteiger partial charge in [-0.15, -0.1) is 11.8 Å². The molecule has 1 aromatic carbocycles. The lowest BCUT2D eigenvalue weighted by atomic mass is 10.2. The molecule has 0 spiro atoms. The minimum Gasteiger partial charge on any atom is -0.477 e. The van der Waals surface area contributed by atoms with Gasteiger partial charge in [-0.1, -0.05) is 12.1 Å². The van der Waals surface area contributed by atoms with E-state index in [1.54, 1.807) is 17.8 Å². The Balaban J connectivity index is 2.28. The van der Waals surface area contributed by atoms with Crippen molar-refractivity contribution in [2.45, 2.75) is 4.90 Å². The Morgan fingerprint density at radius 3 is 2.83 bits per heavy atom. The van der Waals surface area contributed by atoms with Crippen molar-refractivity contribution in [1.29, 1.82) is 0 Å². The van der Waals surface area contributed by atoms with Gasteiger partial charge in [0.25, 0.3) is 0 Å². The molecule has 92 valence electrons. The Kier molecular flexibility index (Phi) is 3.84. The summed E-state index contributed by atoms with van der Waals surface area (Å²) in [6.07, 6.45) is 3.48. The molecule has 0 aliphatic rings. The SMILES string of the molecule is CSc1ccccc1Nc1ccnc(C(=O)O)c1. The van der Waals surface area contributed by atoms with Gasteiger partial charge < -0.3 is 10.4 Å². The summed E-state index contributed by atoms with van der Waals surface area (Å²) in [5.41, 5.74) is 1.69. The molecule has 2 N–H and O–H groups in total. The molecule has 0 aliphatic heterocycles. The van der Waals surface area contributed by atoms with E-state index in [4.69, 9.17) is 5.11 Å². The normalized spacial score (nSPS) is 10.1. The summed E-state index contributed by atoms with van der Waals surface area (Å²) in [4.78, 5) is 15.7. The molecule has 0 amide bonds. The molecule has 0 radical (unpaired) electrons. The Morgan fingerprint density at radius 2 is 2.11 bits per heavy atom. The number of nitrogens with one attached hydrogen (secondary N) is 1. The van der Waals surface area contributed by atoms with Gasteiger partial charge in [-0.05, 0) is 30.5 Å². The van der Waals surface area contributed by atoms with Crippen LogP contribution in [0.15, 0.2) is 47.5 Å². The van der Waals surface area contributed by atoms with Crippen molar-refractivity contribution < 1.29 is 9.90 Å². The molecule has 1 heterocycles. The highest BCUT2D eigenvalue weighted by atomic mass is 32.2. The third-order valence-electron chi connectivity index (χ3n) is 2.37. The van der Waals surface area contributed by atoms with Crippen molar-refractivity contribution in [3.8, 4) is 0 Å². The molecule has 0 saturated heterocycles. The highest BCUT2D eigenvalue weighted by molar-refractivity contribution is 7.98. The number of aromatic carboxylic acids is 1. The lowest BCUT2D eigenvalue weighted by Crippen LogP contribution is -2.01. The fourth-order valence-electron chi connectivity index (χ4n) is 1.53. The van der Waals surface area contributed by atoms with E-state index in [1.165, 1.54) is 12.3 Å². The lowest BCUT2D eigenvalue weighted by molar-refractivity contribution is 0.0690. The van der Waals surface area contributed by atoms with Crippen molar-refractivity contribution >= 4 is 29.1 Å². The van der Waals surface area contributed by atoms with Gasteiger partial charge >= 0.3 is 5.97 Å². The Bertz CT molecular complexity index is 572. The summed E-state index contributed by atoms with van der Waals surface area (Å²) in [6.45, 7) is 0. The maximum Gasteiger partial charge on any atom is 0.354 e. The fraction of sp³-hybridized carbons (Fsp3) is 0.0769. The number of nitrogens with zero attached hydrogens (tertiary/aromatic N) is 1. The van der Waals surface area contributed by atoms with Crippen LogP contribution in [0.2, 0.25) is 0 Å². The highest BCUT2D eigenvalue weighted by Crippen LogP contribution is 2.27. The highest BCUT2D eigenvalue weighted by Gasteiger charge is 2.06. The van der Waals surface area contributed by atoms with Crippen LogP contribution in [-0.4, -0.2) is 22.3 Å².